The molecule has 0 spiro atoms. The molecule has 1 unspecified atom stereocenters. The summed E-state index contributed by atoms with van der Waals surface area (Å²) in [5.74, 6) is 1.66. The van der Waals surface area contributed by atoms with E-state index in [1.165, 1.54) is 6.33 Å². The highest BCUT2D eigenvalue weighted by Gasteiger charge is 2.28. The monoisotopic (exact) mass is 365 g/mol. The van der Waals surface area contributed by atoms with Gasteiger partial charge in [-0.2, -0.15) is 10.1 Å². The highest BCUT2D eigenvalue weighted by atomic mass is 16.5. The molecule has 140 valence electrons. The number of rotatable bonds is 3. The lowest BCUT2D eigenvalue weighted by atomic mass is 9.93. The number of hydrogen-bond acceptors (Lipinski definition) is 5. The molecule has 3 heterocycles. The maximum Gasteiger partial charge on any atom is 0.254 e. The highest BCUT2D eigenvalue weighted by molar-refractivity contribution is 5.96. The molecule has 4 rings (SSSR count). The maximum absolute atomic E-state index is 13.1. The van der Waals surface area contributed by atoms with Gasteiger partial charge in [0.2, 0.25) is 0 Å². The third-order valence-corrected chi connectivity index (χ3v) is 5.20. The Labute approximate surface area is 158 Å². The molecule has 0 aliphatic carbocycles. The second-order valence-corrected chi connectivity index (χ2v) is 7.07. The Morgan fingerprint density at radius 3 is 2.89 bits per heavy atom. The van der Waals surface area contributed by atoms with Crippen LogP contribution < -0.4 is 4.74 Å². The molecule has 1 amide bonds. The molecule has 0 saturated carbocycles. The normalized spacial score (nSPS) is 17.3. The summed E-state index contributed by atoms with van der Waals surface area (Å²) in [6, 6.07) is 7.65. The number of aryl methyl sites for hydroxylation is 2. The van der Waals surface area contributed by atoms with Crippen LogP contribution in [0.25, 0.3) is 5.78 Å². The van der Waals surface area contributed by atoms with Crippen molar-refractivity contribution < 1.29 is 9.53 Å². The van der Waals surface area contributed by atoms with Crippen LogP contribution in [0.5, 0.6) is 5.75 Å². The van der Waals surface area contributed by atoms with Crippen LogP contribution in [0.4, 0.5) is 0 Å². The maximum atomic E-state index is 13.1. The van der Waals surface area contributed by atoms with Crippen LogP contribution in [0.2, 0.25) is 0 Å². The number of nitrogens with zero attached hydrogens (tertiary/aromatic N) is 5. The predicted molar refractivity (Wildman–Crippen MR) is 101 cm³/mol. The quantitative estimate of drug-likeness (QED) is 0.714. The molecule has 1 atom stereocenters. The van der Waals surface area contributed by atoms with Crippen LogP contribution >= 0.6 is 0 Å². The Morgan fingerprint density at radius 1 is 1.26 bits per heavy atom. The van der Waals surface area contributed by atoms with Gasteiger partial charge < -0.3 is 9.64 Å². The summed E-state index contributed by atoms with van der Waals surface area (Å²) in [5.41, 5.74) is 3.65. The summed E-state index contributed by atoms with van der Waals surface area (Å²) in [4.78, 5) is 23.7. The average molecular weight is 365 g/mol. The number of methoxy groups -OCH3 is 1. The van der Waals surface area contributed by atoms with Gasteiger partial charge >= 0.3 is 0 Å². The van der Waals surface area contributed by atoms with Crippen molar-refractivity contribution in [2.24, 2.45) is 0 Å². The molecule has 1 aliphatic heterocycles. The summed E-state index contributed by atoms with van der Waals surface area (Å²) in [7, 11) is 1.63. The number of fused-ring (bicyclic) bond motifs is 1. The first-order chi connectivity index (χ1) is 13.1. The van der Waals surface area contributed by atoms with Crippen molar-refractivity contribution in [2.45, 2.75) is 32.6 Å². The molecule has 1 fully saturated rings. The summed E-state index contributed by atoms with van der Waals surface area (Å²) in [6.07, 6.45) is 3.50. The smallest absolute Gasteiger partial charge is 0.254 e. The zero-order valence-electron chi connectivity index (χ0n) is 15.8. The third-order valence-electron chi connectivity index (χ3n) is 5.20. The fraction of sp³-hybridized carbons (Fsp3) is 0.400. The van der Waals surface area contributed by atoms with Crippen molar-refractivity contribution >= 4 is 11.7 Å². The van der Waals surface area contributed by atoms with Crippen LogP contribution in [0.15, 0.2) is 30.6 Å². The summed E-state index contributed by atoms with van der Waals surface area (Å²) in [5, 5.41) is 4.32. The van der Waals surface area contributed by atoms with Crippen LogP contribution in [0.3, 0.4) is 0 Å². The number of carbonyl (C=O) groups is 1. The van der Waals surface area contributed by atoms with E-state index in [4.69, 9.17) is 4.74 Å². The first-order valence-electron chi connectivity index (χ1n) is 9.18. The fourth-order valence-corrected chi connectivity index (χ4v) is 3.83. The Kier molecular flexibility index (Phi) is 4.51. The van der Waals surface area contributed by atoms with E-state index in [1.807, 2.05) is 36.9 Å². The van der Waals surface area contributed by atoms with Gasteiger partial charge in [-0.3, -0.25) is 4.79 Å². The molecule has 2 aromatic heterocycles. The van der Waals surface area contributed by atoms with Crippen LogP contribution in [0.1, 0.15) is 46.1 Å². The number of ether oxygens (including phenoxy) is 1. The van der Waals surface area contributed by atoms with E-state index >= 15 is 0 Å². The molecule has 0 N–H and O–H groups in total. The van der Waals surface area contributed by atoms with E-state index in [2.05, 4.69) is 21.1 Å². The molecule has 7 heteroatoms. The number of likely N-dealkylation sites (tertiary alicyclic amines) is 1. The lowest BCUT2D eigenvalue weighted by Crippen LogP contribution is -2.39. The average Bonchev–Trinajstić information content (AvgIpc) is 3.15. The van der Waals surface area contributed by atoms with E-state index < -0.39 is 0 Å². The first kappa shape index (κ1) is 17.5. The minimum Gasteiger partial charge on any atom is -0.497 e. The largest absolute Gasteiger partial charge is 0.497 e. The van der Waals surface area contributed by atoms with Gasteiger partial charge in [-0.25, -0.2) is 9.50 Å². The molecule has 0 bridgehead atoms. The van der Waals surface area contributed by atoms with E-state index in [9.17, 15) is 4.79 Å². The van der Waals surface area contributed by atoms with Gasteiger partial charge in [-0.05, 0) is 56.5 Å². The zero-order valence-corrected chi connectivity index (χ0v) is 15.8. The molecular formula is C20H23N5O2. The molecule has 1 aromatic carbocycles. The summed E-state index contributed by atoms with van der Waals surface area (Å²) >= 11 is 0. The van der Waals surface area contributed by atoms with Crippen molar-refractivity contribution in [1.82, 2.24) is 24.5 Å². The van der Waals surface area contributed by atoms with Crippen LogP contribution in [-0.2, 0) is 0 Å². The molecule has 27 heavy (non-hydrogen) atoms. The summed E-state index contributed by atoms with van der Waals surface area (Å²) in [6.45, 7) is 5.35. The Hall–Kier alpha value is -2.96. The first-order valence-corrected chi connectivity index (χ1v) is 9.18. The fourth-order valence-electron chi connectivity index (χ4n) is 3.83. The molecule has 7 nitrogen and oxygen atoms in total. The van der Waals surface area contributed by atoms with Gasteiger partial charge in [0.05, 0.1) is 12.8 Å². The molecule has 3 aromatic rings. The second-order valence-electron chi connectivity index (χ2n) is 7.07. The Morgan fingerprint density at radius 2 is 2.11 bits per heavy atom. The lowest BCUT2D eigenvalue weighted by Gasteiger charge is -2.33. The van der Waals surface area contributed by atoms with Crippen LogP contribution in [0, 0.1) is 13.8 Å². The number of aromatic nitrogens is 4. The van der Waals surface area contributed by atoms with E-state index in [1.54, 1.807) is 11.6 Å². The third kappa shape index (κ3) is 3.25. The van der Waals surface area contributed by atoms with Crippen molar-refractivity contribution in [1.29, 1.82) is 0 Å². The number of piperidine rings is 1. The minimum atomic E-state index is 0.0699. The molecule has 0 radical (unpaired) electrons. The zero-order chi connectivity index (χ0) is 19.0. The predicted octanol–water partition coefficient (Wildman–Crippen LogP) is 2.77. The number of amides is 1. The van der Waals surface area contributed by atoms with Crippen molar-refractivity contribution in [3.63, 3.8) is 0 Å². The van der Waals surface area contributed by atoms with Gasteiger partial charge in [0.25, 0.3) is 11.7 Å². The van der Waals surface area contributed by atoms with Crippen LogP contribution in [-0.4, -0.2) is 50.6 Å². The molecule has 1 saturated heterocycles. The number of benzene rings is 1. The van der Waals surface area contributed by atoms with E-state index in [0.29, 0.717) is 12.3 Å². The van der Waals surface area contributed by atoms with Gasteiger partial charge in [-0.15, -0.1) is 0 Å². The van der Waals surface area contributed by atoms with Crippen molar-refractivity contribution in [3.05, 3.63) is 53.1 Å². The second kappa shape index (κ2) is 6.98. The van der Waals surface area contributed by atoms with Gasteiger partial charge in [0.1, 0.15) is 12.1 Å². The standard InChI is InChI=1S/C20H23N5O2/c1-13-9-16(27-3)6-7-17(13)19(26)24-8-4-5-15(11-24)18-10-14(2)23-20-21-12-22-25(18)20/h6-7,9-10,12,15H,4-5,8,11H2,1-3H3. The minimum absolute atomic E-state index is 0.0699. The Bertz CT molecular complexity index is 997. The van der Waals surface area contributed by atoms with E-state index in [0.717, 1.165) is 47.7 Å². The summed E-state index contributed by atoms with van der Waals surface area (Å²) < 4.78 is 7.04. The molecule has 1 aliphatic rings. The lowest BCUT2D eigenvalue weighted by molar-refractivity contribution is 0.0704. The molecular weight excluding hydrogens is 342 g/mol. The number of hydrogen-bond donors (Lipinski definition) is 0. The van der Waals surface area contributed by atoms with Crippen molar-refractivity contribution in [2.75, 3.05) is 20.2 Å². The Balaban J connectivity index is 1.61. The van der Waals surface area contributed by atoms with Gasteiger partial charge in [-0.1, -0.05) is 0 Å². The number of carbonyl (C=O) groups excluding carboxylic acids is 1. The van der Waals surface area contributed by atoms with Gasteiger partial charge in [0, 0.05) is 30.3 Å². The topological polar surface area (TPSA) is 72.6 Å². The van der Waals surface area contributed by atoms with Gasteiger partial charge in [0.15, 0.2) is 0 Å². The van der Waals surface area contributed by atoms with Crippen molar-refractivity contribution in [3.8, 4) is 5.75 Å². The highest BCUT2D eigenvalue weighted by Crippen LogP contribution is 2.29. The van der Waals surface area contributed by atoms with E-state index in [-0.39, 0.29) is 11.8 Å². The SMILES string of the molecule is COc1ccc(C(=O)N2CCCC(c3cc(C)nc4ncnn34)C2)c(C)c1.